The van der Waals surface area contributed by atoms with Crippen LogP contribution in [0.15, 0.2) is 36.4 Å². The standard InChI is InChI=1S/C23H27N3O3/c1-23(2,3)19-14-18(26-12-11-20(27)25-22(26)28)13-16(21(19)29-4)8-5-15-6-9-17(24)10-7-15/h5-10,13-14H,11-12,24H2,1-4H3,(H,25,27,28)/b8-5-. The lowest BCUT2D eigenvalue weighted by Gasteiger charge is -2.30. The molecule has 152 valence electrons. The minimum Gasteiger partial charge on any atom is -0.496 e. The van der Waals surface area contributed by atoms with Crippen molar-refractivity contribution in [3.8, 4) is 5.75 Å². The number of hydrogen-bond donors (Lipinski definition) is 2. The highest BCUT2D eigenvalue weighted by molar-refractivity contribution is 6.05. The van der Waals surface area contributed by atoms with Crippen molar-refractivity contribution in [2.45, 2.75) is 32.6 Å². The van der Waals surface area contributed by atoms with Crippen molar-refractivity contribution in [2.24, 2.45) is 0 Å². The maximum Gasteiger partial charge on any atom is 0.328 e. The van der Waals surface area contributed by atoms with Gasteiger partial charge >= 0.3 is 6.03 Å². The van der Waals surface area contributed by atoms with Crippen LogP contribution in [-0.2, 0) is 10.2 Å². The summed E-state index contributed by atoms with van der Waals surface area (Å²) in [6, 6.07) is 11.1. The predicted octanol–water partition coefficient (Wildman–Crippen LogP) is 4.19. The molecule has 0 saturated carbocycles. The summed E-state index contributed by atoms with van der Waals surface area (Å²) >= 11 is 0. The van der Waals surface area contributed by atoms with Gasteiger partial charge in [0.1, 0.15) is 5.75 Å². The van der Waals surface area contributed by atoms with Gasteiger partial charge in [0.25, 0.3) is 0 Å². The van der Waals surface area contributed by atoms with E-state index in [1.807, 2.05) is 48.6 Å². The number of nitrogens with two attached hydrogens (primary N) is 1. The van der Waals surface area contributed by atoms with Gasteiger partial charge < -0.3 is 10.5 Å². The average molecular weight is 393 g/mol. The fourth-order valence-electron chi connectivity index (χ4n) is 3.30. The van der Waals surface area contributed by atoms with Crippen LogP contribution in [0, 0.1) is 0 Å². The van der Waals surface area contributed by atoms with Crippen LogP contribution in [-0.4, -0.2) is 25.6 Å². The second kappa shape index (κ2) is 7.99. The molecule has 1 heterocycles. The summed E-state index contributed by atoms with van der Waals surface area (Å²) in [4.78, 5) is 25.5. The summed E-state index contributed by atoms with van der Waals surface area (Å²) in [5.74, 6) is 0.515. The summed E-state index contributed by atoms with van der Waals surface area (Å²) in [6.07, 6.45) is 4.22. The van der Waals surface area contributed by atoms with E-state index < -0.39 is 6.03 Å². The van der Waals surface area contributed by atoms with Crippen molar-refractivity contribution in [3.05, 3.63) is 53.1 Å². The Hall–Kier alpha value is -3.28. The molecule has 0 unspecified atom stereocenters. The summed E-state index contributed by atoms with van der Waals surface area (Å²) in [5.41, 5.74) is 9.85. The number of hydrogen-bond acceptors (Lipinski definition) is 4. The molecule has 0 atom stereocenters. The van der Waals surface area contributed by atoms with E-state index in [9.17, 15) is 9.59 Å². The van der Waals surface area contributed by atoms with Gasteiger partial charge in [0.15, 0.2) is 0 Å². The smallest absolute Gasteiger partial charge is 0.328 e. The molecule has 0 spiro atoms. The largest absolute Gasteiger partial charge is 0.496 e. The zero-order chi connectivity index (χ0) is 21.2. The second-order valence-electron chi connectivity index (χ2n) is 8.12. The lowest BCUT2D eigenvalue weighted by atomic mass is 9.84. The minimum absolute atomic E-state index is 0.201. The molecule has 29 heavy (non-hydrogen) atoms. The van der Waals surface area contributed by atoms with Gasteiger partial charge in [-0.3, -0.25) is 15.0 Å². The molecule has 0 radical (unpaired) electrons. The lowest BCUT2D eigenvalue weighted by Crippen LogP contribution is -2.49. The number of carbonyl (C=O) groups excluding carboxylic acids is 2. The van der Waals surface area contributed by atoms with Crippen molar-refractivity contribution in [1.29, 1.82) is 0 Å². The van der Waals surface area contributed by atoms with Crippen LogP contribution in [0.2, 0.25) is 0 Å². The number of ether oxygens (including phenoxy) is 1. The third-order valence-corrected chi connectivity index (χ3v) is 4.87. The molecule has 1 saturated heterocycles. The van der Waals surface area contributed by atoms with Crippen molar-refractivity contribution >= 4 is 35.5 Å². The number of methoxy groups -OCH3 is 1. The fraction of sp³-hybridized carbons (Fsp3) is 0.304. The quantitative estimate of drug-likeness (QED) is 0.602. The molecule has 3 amide bonds. The average Bonchev–Trinajstić information content (AvgIpc) is 2.66. The first kappa shape index (κ1) is 20.5. The predicted molar refractivity (Wildman–Crippen MR) is 117 cm³/mol. The molecule has 1 aliphatic heterocycles. The molecule has 3 N–H and O–H groups in total. The molecule has 0 bridgehead atoms. The topological polar surface area (TPSA) is 84.7 Å². The van der Waals surface area contributed by atoms with E-state index in [2.05, 4.69) is 26.1 Å². The van der Waals surface area contributed by atoms with E-state index >= 15 is 0 Å². The van der Waals surface area contributed by atoms with Crippen LogP contribution in [0.4, 0.5) is 16.2 Å². The van der Waals surface area contributed by atoms with Crippen LogP contribution in [0.3, 0.4) is 0 Å². The summed E-state index contributed by atoms with van der Waals surface area (Å²) in [7, 11) is 1.65. The molecule has 6 heteroatoms. The van der Waals surface area contributed by atoms with Gasteiger partial charge in [-0.2, -0.15) is 0 Å². The molecule has 6 nitrogen and oxygen atoms in total. The van der Waals surface area contributed by atoms with E-state index in [1.54, 1.807) is 12.0 Å². The third kappa shape index (κ3) is 4.59. The van der Waals surface area contributed by atoms with Gasteiger partial charge in [0, 0.05) is 35.5 Å². The first-order valence-corrected chi connectivity index (χ1v) is 9.56. The monoisotopic (exact) mass is 393 g/mol. The normalized spacial score (nSPS) is 15.0. The van der Waals surface area contributed by atoms with E-state index in [4.69, 9.17) is 10.5 Å². The van der Waals surface area contributed by atoms with Gasteiger partial charge in [-0.25, -0.2) is 4.79 Å². The Bertz CT molecular complexity index is 957. The van der Waals surface area contributed by atoms with Gasteiger partial charge in [-0.1, -0.05) is 45.1 Å². The van der Waals surface area contributed by atoms with Gasteiger partial charge in [-0.15, -0.1) is 0 Å². The number of imide groups is 1. The van der Waals surface area contributed by atoms with Crippen molar-refractivity contribution < 1.29 is 14.3 Å². The molecular formula is C23H27N3O3. The Kier molecular flexibility index (Phi) is 5.64. The first-order valence-electron chi connectivity index (χ1n) is 9.56. The summed E-state index contributed by atoms with van der Waals surface area (Å²) in [6.45, 7) is 6.65. The number of nitrogens with zero attached hydrogens (tertiary/aromatic N) is 1. The SMILES string of the molecule is COc1c(/C=C\c2ccc(N)cc2)cc(N2CCC(=O)NC2=O)cc1C(C)(C)C. The fourth-order valence-corrected chi connectivity index (χ4v) is 3.30. The maximum atomic E-state index is 12.4. The van der Waals surface area contributed by atoms with E-state index in [1.165, 1.54) is 0 Å². The van der Waals surface area contributed by atoms with Gasteiger partial charge in [-0.05, 0) is 35.2 Å². The highest BCUT2D eigenvalue weighted by atomic mass is 16.5. The number of rotatable bonds is 4. The van der Waals surface area contributed by atoms with Crippen molar-refractivity contribution in [3.63, 3.8) is 0 Å². The Labute approximate surface area is 171 Å². The summed E-state index contributed by atoms with van der Waals surface area (Å²) in [5, 5.41) is 2.38. The molecule has 2 aromatic rings. The number of carbonyl (C=O) groups is 2. The number of anilines is 2. The second-order valence-corrected chi connectivity index (χ2v) is 8.12. The van der Waals surface area contributed by atoms with Crippen LogP contribution in [0.25, 0.3) is 12.2 Å². The molecule has 1 fully saturated rings. The highest BCUT2D eigenvalue weighted by Crippen LogP contribution is 2.39. The number of amides is 3. The first-order chi connectivity index (χ1) is 13.7. The zero-order valence-corrected chi connectivity index (χ0v) is 17.3. The van der Waals surface area contributed by atoms with E-state index in [-0.39, 0.29) is 17.7 Å². The minimum atomic E-state index is -0.403. The zero-order valence-electron chi connectivity index (χ0n) is 17.3. The Morgan fingerprint density at radius 1 is 1.10 bits per heavy atom. The Balaban J connectivity index is 2.09. The van der Waals surface area contributed by atoms with Crippen molar-refractivity contribution in [1.82, 2.24) is 5.32 Å². The molecule has 0 aliphatic carbocycles. The van der Waals surface area contributed by atoms with Crippen LogP contribution >= 0.6 is 0 Å². The van der Waals surface area contributed by atoms with E-state index in [0.717, 1.165) is 28.1 Å². The number of nitrogens with one attached hydrogen (secondary N) is 1. The van der Waals surface area contributed by atoms with Crippen LogP contribution < -0.4 is 20.7 Å². The van der Waals surface area contributed by atoms with Crippen LogP contribution in [0.5, 0.6) is 5.75 Å². The molecule has 2 aromatic carbocycles. The Morgan fingerprint density at radius 2 is 1.79 bits per heavy atom. The Morgan fingerprint density at radius 3 is 2.38 bits per heavy atom. The molecular weight excluding hydrogens is 366 g/mol. The third-order valence-electron chi connectivity index (χ3n) is 4.87. The van der Waals surface area contributed by atoms with Gasteiger partial charge in [0.2, 0.25) is 5.91 Å². The van der Waals surface area contributed by atoms with Crippen LogP contribution in [0.1, 0.15) is 43.9 Å². The van der Waals surface area contributed by atoms with E-state index in [0.29, 0.717) is 12.2 Å². The number of benzene rings is 2. The highest BCUT2D eigenvalue weighted by Gasteiger charge is 2.28. The molecule has 3 rings (SSSR count). The lowest BCUT2D eigenvalue weighted by molar-refractivity contribution is -0.120. The maximum absolute atomic E-state index is 12.4. The van der Waals surface area contributed by atoms with Crippen molar-refractivity contribution in [2.75, 3.05) is 24.3 Å². The summed E-state index contributed by atoms with van der Waals surface area (Å²) < 4.78 is 5.75. The van der Waals surface area contributed by atoms with Gasteiger partial charge in [0.05, 0.1) is 7.11 Å². The number of nitrogen functional groups attached to an aromatic ring is 1. The molecule has 1 aliphatic rings. The number of urea groups is 1. The molecule has 0 aromatic heterocycles.